The number of carboxylic acids is 1. The number of hydrogen-bond acceptors (Lipinski definition) is 17. The Kier molecular flexibility index (Phi) is 25.6. The van der Waals surface area contributed by atoms with Crippen LogP contribution < -0.4 is 31.6 Å². The minimum Gasteiger partial charge on any atom is -0.480 e. The summed E-state index contributed by atoms with van der Waals surface area (Å²) in [6, 6.07) is 16.1. The number of fused-ring (bicyclic) bond motifs is 2. The topological polar surface area (TPSA) is 278 Å². The Labute approximate surface area is 508 Å². The Morgan fingerprint density at radius 2 is 1.24 bits per heavy atom. The Hall–Kier alpha value is -7.05. The molecular weight excluding hydrogens is 1130 g/mol. The maximum atomic E-state index is 13.5. The van der Waals surface area contributed by atoms with E-state index in [4.69, 9.17) is 37.4 Å². The smallest absolute Gasteiger partial charge is 0.372 e. The van der Waals surface area contributed by atoms with E-state index in [1.54, 1.807) is 16.2 Å². The number of piperidine rings is 4. The molecule has 4 aliphatic rings. The van der Waals surface area contributed by atoms with E-state index < -0.39 is 42.5 Å². The molecule has 0 spiro atoms. The molecular formula is C62H86FN11O9S2. The lowest BCUT2D eigenvalue weighted by Gasteiger charge is -2.38. The van der Waals surface area contributed by atoms with Crippen LogP contribution in [0.15, 0.2) is 60.9 Å². The van der Waals surface area contributed by atoms with Gasteiger partial charge in [0.1, 0.15) is 11.1 Å². The lowest BCUT2D eigenvalue weighted by molar-refractivity contribution is -0.148. The van der Waals surface area contributed by atoms with E-state index in [9.17, 15) is 33.2 Å². The highest BCUT2D eigenvalue weighted by atomic mass is 32.1. The monoisotopic (exact) mass is 1210 g/mol. The number of aliphatic carboxylic acids is 1. The van der Waals surface area contributed by atoms with Crippen LogP contribution in [-0.2, 0) is 25.6 Å². The Morgan fingerprint density at radius 3 is 1.73 bits per heavy atom. The third-order valence-electron chi connectivity index (χ3n) is 15.9. The highest BCUT2D eigenvalue weighted by molar-refractivity contribution is 7.19. The van der Waals surface area contributed by atoms with E-state index in [-0.39, 0.29) is 67.4 Å². The minimum absolute atomic E-state index is 0. The third kappa shape index (κ3) is 17.8. The SMILES string of the molecule is C.C.CCN1CCC(c2nc3cc([C@H]4CC[C@H](C)CN4)ccc3s2)CC1.CCN1CCC(c2nc3cc([C@H]4CC[C@H](C)CN4C(=O)C(=O)Nc4cnc(OC)c(C(N)=O)c4)ccc3s2)CC1.COc1ncc(CC(=O)C(=O)O)cc1C(N)=O.[2H]CF. The summed E-state index contributed by atoms with van der Waals surface area (Å²) < 4.78 is 27.9. The van der Waals surface area contributed by atoms with E-state index in [2.05, 4.69) is 94.5 Å². The summed E-state index contributed by atoms with van der Waals surface area (Å²) in [7, 11) is 1.69. The number of anilines is 1. The molecule has 4 atom stereocenters. The second-order valence-electron chi connectivity index (χ2n) is 21.5. The van der Waals surface area contributed by atoms with Gasteiger partial charge in [0.05, 0.1) is 71.1 Å². The van der Waals surface area contributed by atoms with Gasteiger partial charge in [0.25, 0.3) is 11.8 Å². The lowest BCUT2D eigenvalue weighted by atomic mass is 9.89. The number of carbonyl (C=O) groups excluding carboxylic acids is 5. The molecule has 0 radical (unpaired) electrons. The molecule has 10 rings (SSSR count). The van der Waals surface area contributed by atoms with E-state index in [1.165, 1.54) is 110 Å². The molecule has 0 saturated carbocycles. The number of benzene rings is 2. The van der Waals surface area contributed by atoms with Gasteiger partial charge in [-0.1, -0.05) is 54.7 Å². The fourth-order valence-electron chi connectivity index (χ4n) is 11.1. The number of likely N-dealkylation sites (tertiary alicyclic amines) is 3. The molecule has 4 saturated heterocycles. The van der Waals surface area contributed by atoms with Crippen molar-refractivity contribution in [1.82, 2.24) is 40.0 Å². The zero-order chi connectivity index (χ0) is 60.6. The van der Waals surface area contributed by atoms with Crippen LogP contribution in [0.4, 0.5) is 10.1 Å². The van der Waals surface area contributed by atoms with Gasteiger partial charge in [-0.25, -0.2) is 24.7 Å². The van der Waals surface area contributed by atoms with Crippen molar-refractivity contribution in [2.75, 3.05) is 79.0 Å². The normalized spacial score (nSPS) is 19.4. The van der Waals surface area contributed by atoms with Crippen molar-refractivity contribution in [1.29, 1.82) is 0 Å². The number of pyridine rings is 2. The largest absolute Gasteiger partial charge is 0.480 e. The fourth-order valence-corrected chi connectivity index (χ4v) is 13.3. The van der Waals surface area contributed by atoms with Gasteiger partial charge in [-0.2, -0.15) is 0 Å². The number of halogens is 1. The first-order valence-corrected chi connectivity index (χ1v) is 29.9. The Morgan fingerprint density at radius 1 is 0.729 bits per heavy atom. The fraction of sp³-hybridized carbons (Fsp3) is 0.516. The van der Waals surface area contributed by atoms with Gasteiger partial charge >= 0.3 is 17.8 Å². The summed E-state index contributed by atoms with van der Waals surface area (Å²) in [5.74, 6) is -3.16. The molecule has 2 aromatic carbocycles. The molecule has 0 bridgehead atoms. The van der Waals surface area contributed by atoms with Crippen molar-refractivity contribution < 1.29 is 49.1 Å². The van der Waals surface area contributed by atoms with Crippen molar-refractivity contribution in [3.63, 3.8) is 0 Å². The first-order valence-electron chi connectivity index (χ1n) is 29.0. The lowest BCUT2D eigenvalue weighted by Crippen LogP contribution is -2.46. The van der Waals surface area contributed by atoms with Crippen LogP contribution in [0.3, 0.4) is 0 Å². The number of primary amides is 2. The molecule has 0 unspecified atom stereocenters. The van der Waals surface area contributed by atoms with Crippen LogP contribution in [-0.4, -0.2) is 149 Å². The Bertz CT molecular complexity index is 3250. The van der Waals surface area contributed by atoms with Gasteiger partial charge in [-0.3, -0.25) is 28.4 Å². The molecule has 7 N–H and O–H groups in total. The number of carboxylic acid groups (broad SMARTS) is 1. The number of hydrogen-bond donors (Lipinski definition) is 5. The number of nitrogens with zero attached hydrogens (tertiary/aromatic N) is 7. The van der Waals surface area contributed by atoms with Crippen LogP contribution in [0.25, 0.3) is 20.4 Å². The molecule has 4 fully saturated rings. The second-order valence-corrected chi connectivity index (χ2v) is 23.7. The van der Waals surface area contributed by atoms with Crippen LogP contribution in [0, 0.1) is 11.8 Å². The van der Waals surface area contributed by atoms with Gasteiger partial charge < -0.3 is 51.4 Å². The van der Waals surface area contributed by atoms with Crippen LogP contribution in [0.1, 0.15) is 167 Å². The average molecular weight is 1210 g/mol. The van der Waals surface area contributed by atoms with Crippen LogP contribution >= 0.6 is 22.7 Å². The highest BCUT2D eigenvalue weighted by Gasteiger charge is 2.35. The number of carbonyl (C=O) groups is 6. The van der Waals surface area contributed by atoms with Crippen molar-refractivity contribution in [2.24, 2.45) is 23.3 Å². The number of aromatic nitrogens is 4. The van der Waals surface area contributed by atoms with Crippen molar-refractivity contribution in [3.05, 3.63) is 98.8 Å². The Balaban J connectivity index is 0.000000249. The van der Waals surface area contributed by atoms with E-state index >= 15 is 0 Å². The third-order valence-corrected chi connectivity index (χ3v) is 18.3. The van der Waals surface area contributed by atoms with Gasteiger partial charge in [0, 0.05) is 37.0 Å². The van der Waals surface area contributed by atoms with E-state index in [1.807, 2.05) is 11.3 Å². The van der Waals surface area contributed by atoms with Crippen molar-refractivity contribution in [2.45, 2.75) is 124 Å². The van der Waals surface area contributed by atoms with E-state index in [0.29, 0.717) is 24.4 Å². The number of ketones is 1. The number of amides is 4. The number of Topliss-reactive ketones (excluding diaryl/α,β-unsaturated/α-hetero) is 1. The highest BCUT2D eigenvalue weighted by Crippen LogP contribution is 2.39. The molecule has 462 valence electrons. The maximum Gasteiger partial charge on any atom is 0.372 e. The van der Waals surface area contributed by atoms with Crippen LogP contribution in [0.5, 0.6) is 11.8 Å². The van der Waals surface area contributed by atoms with Gasteiger partial charge in [0.15, 0.2) is 0 Å². The van der Waals surface area contributed by atoms with Crippen molar-refractivity contribution in [3.8, 4) is 11.8 Å². The van der Waals surface area contributed by atoms with Gasteiger partial charge in [-0.15, -0.1) is 22.7 Å². The second kappa shape index (κ2) is 32.5. The minimum atomic E-state index is -1.54. The number of methoxy groups -OCH3 is 2. The predicted octanol–water partition coefficient (Wildman–Crippen LogP) is 9.74. The first kappa shape index (κ1) is 67.1. The number of alkyl halides is 1. The number of ether oxygens (including phenoxy) is 2. The van der Waals surface area contributed by atoms with Gasteiger partial charge in [-0.05, 0) is 162 Å². The number of rotatable bonds is 14. The summed E-state index contributed by atoms with van der Waals surface area (Å²) in [6.45, 7) is 17.5. The molecule has 20 nitrogen and oxygen atoms in total. The standard InChI is InChI=1S/C29H36N6O4S.C20H29N3S.C10H10N2O5.CH3F.2CH4/c1-4-34-11-9-18(10-12-34)28-33-22-13-19(6-8-24(22)40-28)23-7-5-17(2)16-35(23)29(38)26(37)32-20-14-21(25(30)36)27(39-3)31-15-20;1-3-23-10-8-15(9-11-23)20-22-18-12-16(5-7-19(18)24-20)17-6-4-14(2)13-21-17;1-17-9-6(8(11)14)2-5(4-12-9)3-7(13)10(15)16;1-2;;/h6,8,13-15,17-18,23H,4-5,7,9-12,16H2,1-3H3,(H2,30,36)(H,32,37);5,7,12,14-15,17,21H,3-4,6,8-11,13H2,1-2H3;2,4H,3H2,1H3,(H2,11,14)(H,15,16);1H3;2*1H4/t17-,23+;14-,17+;;;;/m00..../s1/i;;;1D;;. The quantitative estimate of drug-likeness (QED) is 0.0635. The molecule has 4 amide bonds. The summed E-state index contributed by atoms with van der Waals surface area (Å²) in [4.78, 5) is 95.2. The molecule has 4 aromatic heterocycles. The number of nitrogens with one attached hydrogen (secondary N) is 2. The summed E-state index contributed by atoms with van der Waals surface area (Å²) in [6.07, 6.45) is 11.3. The van der Waals surface area contributed by atoms with Crippen molar-refractivity contribution >= 4 is 84.2 Å². The molecule has 4 aliphatic heterocycles. The predicted molar refractivity (Wildman–Crippen MR) is 333 cm³/mol. The first-order chi connectivity index (χ1) is 40.4. The van der Waals surface area contributed by atoms with Crippen LogP contribution in [0.2, 0.25) is 0 Å². The molecule has 23 heteroatoms. The maximum absolute atomic E-state index is 13.5. The zero-order valence-corrected chi connectivity index (χ0v) is 49.8. The van der Waals surface area contributed by atoms with E-state index in [0.717, 1.165) is 73.6 Å². The summed E-state index contributed by atoms with van der Waals surface area (Å²) in [5, 5.41) is 17.3. The molecule has 8 heterocycles. The summed E-state index contributed by atoms with van der Waals surface area (Å²) in [5.41, 5.74) is 15.6. The average Bonchev–Trinajstić information content (AvgIpc) is 2.11. The molecule has 85 heavy (non-hydrogen) atoms. The number of thiazole rings is 2. The van der Waals surface area contributed by atoms with Gasteiger partial charge in [0.2, 0.25) is 17.5 Å². The zero-order valence-electron chi connectivity index (χ0n) is 49.2. The molecule has 0 aliphatic carbocycles. The number of nitrogens with two attached hydrogens (primary N) is 2. The molecule has 6 aromatic rings. The summed E-state index contributed by atoms with van der Waals surface area (Å²) >= 11 is 3.68.